The van der Waals surface area contributed by atoms with E-state index < -0.39 is 0 Å². The fourth-order valence-electron chi connectivity index (χ4n) is 3.82. The van der Waals surface area contributed by atoms with Crippen molar-refractivity contribution < 1.29 is 9.85 Å². The molecule has 2 nitrogen and oxygen atoms in total. The van der Waals surface area contributed by atoms with Crippen molar-refractivity contribution >= 4 is 0 Å². The predicted octanol–water partition coefficient (Wildman–Crippen LogP) is 3.98. The first kappa shape index (κ1) is 13.4. The van der Waals surface area contributed by atoms with Crippen molar-refractivity contribution in [2.45, 2.75) is 64.7 Å². The van der Waals surface area contributed by atoms with Gasteiger partial charge in [0.15, 0.2) is 0 Å². The molecule has 1 saturated heterocycles. The molecule has 1 heterocycles. The van der Waals surface area contributed by atoms with E-state index in [0.29, 0.717) is 4.65 Å². The number of hydroxylamine groups is 3. The number of piperidine rings is 1. The van der Waals surface area contributed by atoms with E-state index in [-0.39, 0.29) is 0 Å². The summed E-state index contributed by atoms with van der Waals surface area (Å²) in [4.78, 5) is 0. The molecule has 2 heteroatoms. The van der Waals surface area contributed by atoms with E-state index in [9.17, 15) is 5.21 Å². The fraction of sp³-hybridized carbons (Fsp3) is 1.00. The molecule has 100 valence electrons. The number of hydrogen-bond donors (Lipinski definition) is 1. The summed E-state index contributed by atoms with van der Waals surface area (Å²) in [7, 11) is 0. The minimum absolute atomic E-state index is 0.372. The van der Waals surface area contributed by atoms with Crippen LogP contribution in [-0.4, -0.2) is 29.5 Å². The highest BCUT2D eigenvalue weighted by molar-refractivity contribution is 4.76. The minimum Gasteiger partial charge on any atom is -0.217 e. The Morgan fingerprint density at radius 2 is 1.53 bits per heavy atom. The Labute approximate surface area is 107 Å². The van der Waals surface area contributed by atoms with Gasteiger partial charge in [-0.15, -0.1) is 0 Å². The van der Waals surface area contributed by atoms with E-state index in [1.54, 1.807) is 0 Å². The zero-order valence-corrected chi connectivity index (χ0v) is 11.5. The Morgan fingerprint density at radius 3 is 2.12 bits per heavy atom. The second-order valence-electron chi connectivity index (χ2n) is 6.35. The molecule has 0 atom stereocenters. The lowest BCUT2D eigenvalue weighted by Gasteiger charge is -2.40. The Hall–Kier alpha value is -0.0800. The van der Waals surface area contributed by atoms with Gasteiger partial charge in [-0.1, -0.05) is 45.4 Å². The Kier molecular flexibility index (Phi) is 4.87. The lowest BCUT2D eigenvalue weighted by Crippen LogP contribution is -2.51. The van der Waals surface area contributed by atoms with E-state index in [4.69, 9.17) is 0 Å². The summed E-state index contributed by atoms with van der Waals surface area (Å²) in [6.45, 7) is 5.22. The van der Waals surface area contributed by atoms with Gasteiger partial charge in [0.25, 0.3) is 0 Å². The average Bonchev–Trinajstić information content (AvgIpc) is 2.38. The van der Waals surface area contributed by atoms with Gasteiger partial charge < -0.3 is 0 Å². The minimum atomic E-state index is 0.372. The van der Waals surface area contributed by atoms with Crippen LogP contribution < -0.4 is 0 Å². The Balaban J connectivity index is 1.76. The van der Waals surface area contributed by atoms with Crippen LogP contribution >= 0.6 is 0 Å². The molecule has 17 heavy (non-hydrogen) atoms. The molecule has 0 aromatic carbocycles. The number of unbranched alkanes of at least 4 members (excludes halogenated alkanes) is 1. The van der Waals surface area contributed by atoms with Gasteiger partial charge in [-0.25, -0.2) is 5.21 Å². The van der Waals surface area contributed by atoms with Gasteiger partial charge in [-0.3, -0.25) is 0 Å². The summed E-state index contributed by atoms with van der Waals surface area (Å²) in [5.74, 6) is 1.92. The molecule has 0 radical (unpaired) electrons. The summed E-state index contributed by atoms with van der Waals surface area (Å²) in [6, 6.07) is 0. The van der Waals surface area contributed by atoms with Crippen LogP contribution in [0.2, 0.25) is 0 Å². The van der Waals surface area contributed by atoms with Crippen LogP contribution in [0, 0.1) is 11.8 Å². The molecule has 1 N–H and O–H groups in total. The molecule has 0 spiro atoms. The molecule has 0 amide bonds. The zero-order chi connectivity index (χ0) is 12.1. The topological polar surface area (TPSA) is 20.2 Å². The highest BCUT2D eigenvalue weighted by Crippen LogP contribution is 2.36. The molecule has 1 aliphatic heterocycles. The standard InChI is InChI=1S/C15H30NO/c1-2-3-11-16(17)12-9-15(10-13-16)14-7-5-4-6-8-14/h14-15,17H,2-13H2,1H3/q+1. The van der Waals surface area contributed by atoms with Crippen LogP contribution in [-0.2, 0) is 0 Å². The molecule has 2 rings (SSSR count). The fourth-order valence-corrected chi connectivity index (χ4v) is 3.82. The maximum atomic E-state index is 10.5. The monoisotopic (exact) mass is 240 g/mol. The maximum Gasteiger partial charge on any atom is 0.109 e. The van der Waals surface area contributed by atoms with Gasteiger partial charge in [0, 0.05) is 12.8 Å². The second-order valence-corrected chi connectivity index (χ2v) is 6.35. The van der Waals surface area contributed by atoms with Gasteiger partial charge in [0.1, 0.15) is 19.6 Å². The molecule has 0 unspecified atom stereocenters. The first-order valence-electron chi connectivity index (χ1n) is 7.82. The molecule has 0 aromatic heterocycles. The van der Waals surface area contributed by atoms with Crippen molar-refractivity contribution in [2.24, 2.45) is 11.8 Å². The Bertz CT molecular complexity index is 215. The summed E-state index contributed by atoms with van der Waals surface area (Å²) in [5, 5.41) is 10.5. The van der Waals surface area contributed by atoms with Gasteiger partial charge in [-0.05, 0) is 18.3 Å². The summed E-state index contributed by atoms with van der Waals surface area (Å²) < 4.78 is 0.372. The lowest BCUT2D eigenvalue weighted by molar-refractivity contribution is -1.11. The number of nitrogens with zero attached hydrogens (tertiary/aromatic N) is 1. The third-order valence-corrected chi connectivity index (χ3v) is 5.08. The normalized spacial score (nSPS) is 36.0. The van der Waals surface area contributed by atoms with E-state index in [1.807, 2.05) is 0 Å². The van der Waals surface area contributed by atoms with Crippen LogP contribution in [0.25, 0.3) is 0 Å². The largest absolute Gasteiger partial charge is 0.217 e. The van der Waals surface area contributed by atoms with Crippen molar-refractivity contribution in [1.29, 1.82) is 0 Å². The van der Waals surface area contributed by atoms with Crippen LogP contribution in [0.3, 0.4) is 0 Å². The zero-order valence-electron chi connectivity index (χ0n) is 11.5. The SMILES string of the molecule is CCCC[N+]1(O)CCC(C2CCCCC2)CC1. The molecular weight excluding hydrogens is 210 g/mol. The quantitative estimate of drug-likeness (QED) is 0.737. The average molecular weight is 240 g/mol. The Morgan fingerprint density at radius 1 is 0.941 bits per heavy atom. The lowest BCUT2D eigenvalue weighted by atomic mass is 9.76. The van der Waals surface area contributed by atoms with Crippen molar-refractivity contribution in [3.63, 3.8) is 0 Å². The van der Waals surface area contributed by atoms with E-state index in [2.05, 4.69) is 6.92 Å². The van der Waals surface area contributed by atoms with Crippen molar-refractivity contribution in [2.75, 3.05) is 19.6 Å². The van der Waals surface area contributed by atoms with Crippen LogP contribution in [0.5, 0.6) is 0 Å². The number of rotatable bonds is 4. The van der Waals surface area contributed by atoms with Gasteiger partial charge >= 0.3 is 0 Å². The molecule has 0 bridgehead atoms. The van der Waals surface area contributed by atoms with Crippen molar-refractivity contribution in [3.05, 3.63) is 0 Å². The summed E-state index contributed by atoms with van der Waals surface area (Å²) in [6.07, 6.45) is 12.2. The second kappa shape index (κ2) is 6.19. The number of hydrogen-bond acceptors (Lipinski definition) is 1. The molecule has 1 aliphatic carbocycles. The highest BCUT2D eigenvalue weighted by atomic mass is 16.5. The van der Waals surface area contributed by atoms with Gasteiger partial charge in [0.05, 0.1) is 0 Å². The van der Waals surface area contributed by atoms with E-state index >= 15 is 0 Å². The van der Waals surface area contributed by atoms with E-state index in [1.165, 1.54) is 57.8 Å². The smallest absolute Gasteiger partial charge is 0.109 e. The molecule has 2 fully saturated rings. The molecule has 0 aromatic rings. The van der Waals surface area contributed by atoms with Gasteiger partial charge in [0.2, 0.25) is 0 Å². The first-order valence-corrected chi connectivity index (χ1v) is 7.82. The predicted molar refractivity (Wildman–Crippen MR) is 70.9 cm³/mol. The van der Waals surface area contributed by atoms with Crippen LogP contribution in [0.1, 0.15) is 64.7 Å². The molecule has 2 aliphatic rings. The molecule has 1 saturated carbocycles. The number of quaternary nitrogens is 1. The summed E-state index contributed by atoms with van der Waals surface area (Å²) >= 11 is 0. The van der Waals surface area contributed by atoms with Crippen molar-refractivity contribution in [1.82, 2.24) is 0 Å². The van der Waals surface area contributed by atoms with Crippen LogP contribution in [0.4, 0.5) is 0 Å². The van der Waals surface area contributed by atoms with Crippen molar-refractivity contribution in [3.8, 4) is 0 Å². The summed E-state index contributed by atoms with van der Waals surface area (Å²) in [5.41, 5.74) is 0. The van der Waals surface area contributed by atoms with Gasteiger partial charge in [-0.2, -0.15) is 4.65 Å². The third-order valence-electron chi connectivity index (χ3n) is 5.08. The van der Waals surface area contributed by atoms with E-state index in [0.717, 1.165) is 31.5 Å². The van der Waals surface area contributed by atoms with Crippen LogP contribution in [0.15, 0.2) is 0 Å². The third kappa shape index (κ3) is 3.69. The molecular formula is C15H30NO+. The first-order chi connectivity index (χ1) is 8.23. The maximum absolute atomic E-state index is 10.5. The highest BCUT2D eigenvalue weighted by Gasteiger charge is 2.35. The number of likely N-dealkylation sites (tertiary alicyclic amines) is 1.